The van der Waals surface area contributed by atoms with Crippen LogP contribution in [-0.2, 0) is 0 Å². The Labute approximate surface area is 450 Å². The second kappa shape index (κ2) is 17.6. The standard InChI is InChI=1S/C74H48N4/c1-2-18-52(19-3-1)77-68-31-15-10-28-64(68)65-43-38-51(48-74(65)77)55-44-45-71(57-21-5-4-20-56(55)57)76(72-46-47-73(63-23-7-6-22-62(63)72)78-69-32-16-11-26-60(69)61-27-12-17-33-70(61)78)54-41-36-50(37-42-54)49-34-39-53(40-35-49)75-66-29-13-8-24-58(66)59-25-9-14-30-67(59)75/h1-48H. The van der Waals surface area contributed by atoms with Crippen molar-refractivity contribution >= 4 is 104 Å². The summed E-state index contributed by atoms with van der Waals surface area (Å²) in [7, 11) is 0. The number of nitrogens with zero attached hydrogens (tertiary/aromatic N) is 4. The highest BCUT2D eigenvalue weighted by atomic mass is 15.1. The first kappa shape index (κ1) is 43.9. The Kier molecular flexibility index (Phi) is 9.91. The third kappa shape index (κ3) is 6.73. The zero-order valence-electron chi connectivity index (χ0n) is 42.5. The summed E-state index contributed by atoms with van der Waals surface area (Å²) < 4.78 is 7.23. The van der Waals surface area contributed by atoms with E-state index in [2.05, 4.69) is 310 Å². The lowest BCUT2D eigenvalue weighted by molar-refractivity contribution is 1.18. The quantitative estimate of drug-likeness (QED) is 0.148. The molecular weight excluding hydrogens is 945 g/mol. The van der Waals surface area contributed by atoms with E-state index in [1.165, 1.54) is 92.7 Å². The van der Waals surface area contributed by atoms with E-state index in [1.54, 1.807) is 0 Å². The van der Waals surface area contributed by atoms with Crippen LogP contribution in [-0.4, -0.2) is 13.7 Å². The van der Waals surface area contributed by atoms with E-state index >= 15 is 0 Å². The number of hydrogen-bond donors (Lipinski definition) is 0. The minimum Gasteiger partial charge on any atom is -0.309 e. The number of anilines is 3. The highest BCUT2D eigenvalue weighted by Crippen LogP contribution is 2.47. The molecule has 0 saturated carbocycles. The summed E-state index contributed by atoms with van der Waals surface area (Å²) in [5.74, 6) is 0. The van der Waals surface area contributed by atoms with Crippen LogP contribution in [0.5, 0.6) is 0 Å². The Morgan fingerprint density at radius 1 is 0.218 bits per heavy atom. The van der Waals surface area contributed by atoms with E-state index in [1.807, 2.05) is 0 Å². The van der Waals surface area contributed by atoms with Gasteiger partial charge in [0.25, 0.3) is 0 Å². The average Bonchev–Trinajstić information content (AvgIpc) is 4.35. The fourth-order valence-corrected chi connectivity index (χ4v) is 12.8. The molecule has 0 fully saturated rings. The third-order valence-corrected chi connectivity index (χ3v) is 16.2. The summed E-state index contributed by atoms with van der Waals surface area (Å²) in [5.41, 5.74) is 18.6. The largest absolute Gasteiger partial charge is 0.309 e. The van der Waals surface area contributed by atoms with Gasteiger partial charge >= 0.3 is 0 Å². The van der Waals surface area contributed by atoms with Gasteiger partial charge in [-0.1, -0.05) is 200 Å². The molecule has 0 aliphatic heterocycles. The molecule has 13 aromatic carbocycles. The lowest BCUT2D eigenvalue weighted by atomic mass is 9.95. The first-order chi connectivity index (χ1) is 38.7. The van der Waals surface area contributed by atoms with Crippen LogP contribution in [0, 0.1) is 0 Å². The number of rotatable bonds is 8. The topological polar surface area (TPSA) is 18.0 Å². The van der Waals surface area contributed by atoms with Crippen LogP contribution in [0.25, 0.3) is 126 Å². The molecule has 4 nitrogen and oxygen atoms in total. The van der Waals surface area contributed by atoms with Gasteiger partial charge in [-0.3, -0.25) is 0 Å². The molecule has 0 radical (unpaired) electrons. The van der Waals surface area contributed by atoms with Crippen molar-refractivity contribution in [3.05, 3.63) is 291 Å². The van der Waals surface area contributed by atoms with Gasteiger partial charge in [0.2, 0.25) is 0 Å². The zero-order valence-corrected chi connectivity index (χ0v) is 42.5. The van der Waals surface area contributed by atoms with Gasteiger partial charge in [-0.05, 0) is 119 Å². The molecule has 16 aromatic rings. The minimum absolute atomic E-state index is 1.07. The monoisotopic (exact) mass is 992 g/mol. The number of fused-ring (bicyclic) bond motifs is 11. The van der Waals surface area contributed by atoms with Crippen LogP contribution in [0.1, 0.15) is 0 Å². The van der Waals surface area contributed by atoms with Gasteiger partial charge in [-0.15, -0.1) is 0 Å². The van der Waals surface area contributed by atoms with E-state index in [0.717, 1.165) is 50.6 Å². The maximum Gasteiger partial charge on any atom is 0.0547 e. The van der Waals surface area contributed by atoms with Gasteiger partial charge in [0.15, 0.2) is 0 Å². The van der Waals surface area contributed by atoms with Crippen LogP contribution in [0.4, 0.5) is 17.1 Å². The Balaban J connectivity index is 0.867. The summed E-state index contributed by atoms with van der Waals surface area (Å²) in [4.78, 5) is 2.48. The summed E-state index contributed by atoms with van der Waals surface area (Å²) in [5, 5.41) is 12.2. The van der Waals surface area contributed by atoms with Gasteiger partial charge in [0, 0.05) is 65.5 Å². The summed E-state index contributed by atoms with van der Waals surface area (Å²) in [6.07, 6.45) is 0. The Hall–Kier alpha value is -10.4. The lowest BCUT2D eigenvalue weighted by Crippen LogP contribution is -2.12. The number of benzene rings is 13. The normalized spacial score (nSPS) is 11.8. The highest BCUT2D eigenvalue weighted by Gasteiger charge is 2.23. The molecule has 3 aromatic heterocycles. The van der Waals surface area contributed by atoms with Gasteiger partial charge < -0.3 is 18.6 Å². The molecule has 0 unspecified atom stereocenters. The first-order valence-corrected chi connectivity index (χ1v) is 26.8. The number of para-hydroxylation sites is 6. The molecule has 0 aliphatic rings. The van der Waals surface area contributed by atoms with Crippen LogP contribution in [0.3, 0.4) is 0 Å². The molecule has 0 spiro atoms. The van der Waals surface area contributed by atoms with Gasteiger partial charge in [-0.25, -0.2) is 0 Å². The maximum absolute atomic E-state index is 2.48. The van der Waals surface area contributed by atoms with Crippen LogP contribution in [0.15, 0.2) is 291 Å². The minimum atomic E-state index is 1.07. The van der Waals surface area contributed by atoms with Gasteiger partial charge in [0.1, 0.15) is 0 Å². The predicted molar refractivity (Wildman–Crippen MR) is 330 cm³/mol. The van der Waals surface area contributed by atoms with Crippen molar-refractivity contribution in [1.29, 1.82) is 0 Å². The molecule has 0 bridgehead atoms. The number of hydrogen-bond acceptors (Lipinski definition) is 1. The summed E-state index contributed by atoms with van der Waals surface area (Å²) in [6.45, 7) is 0. The first-order valence-electron chi connectivity index (χ1n) is 26.8. The zero-order chi connectivity index (χ0) is 51.3. The number of aromatic nitrogens is 3. The van der Waals surface area contributed by atoms with E-state index in [0.29, 0.717) is 0 Å². The molecule has 78 heavy (non-hydrogen) atoms. The molecule has 4 heteroatoms. The van der Waals surface area contributed by atoms with Crippen molar-refractivity contribution in [2.45, 2.75) is 0 Å². The van der Waals surface area contributed by atoms with Crippen molar-refractivity contribution in [3.63, 3.8) is 0 Å². The van der Waals surface area contributed by atoms with E-state index in [9.17, 15) is 0 Å². The van der Waals surface area contributed by atoms with Crippen molar-refractivity contribution in [1.82, 2.24) is 13.7 Å². The Morgan fingerprint density at radius 2 is 0.590 bits per heavy atom. The Bertz CT molecular complexity index is 4910. The second-order valence-electron chi connectivity index (χ2n) is 20.4. The van der Waals surface area contributed by atoms with Crippen molar-refractivity contribution in [3.8, 4) is 39.3 Å². The van der Waals surface area contributed by atoms with Crippen LogP contribution in [0.2, 0.25) is 0 Å². The van der Waals surface area contributed by atoms with Crippen LogP contribution < -0.4 is 4.90 Å². The van der Waals surface area contributed by atoms with Crippen molar-refractivity contribution in [2.75, 3.05) is 4.90 Å². The van der Waals surface area contributed by atoms with E-state index in [4.69, 9.17) is 0 Å². The predicted octanol–water partition coefficient (Wildman–Crippen LogP) is 20.1. The fraction of sp³-hybridized carbons (Fsp3) is 0. The fourth-order valence-electron chi connectivity index (χ4n) is 12.8. The SMILES string of the molecule is c1ccc(-n2c3ccccc3c3ccc(-c4ccc(N(c5ccc(-c6ccc(-n7c8ccccc8c8ccccc87)cc6)cc5)c5ccc(-n6c7ccccc7c7ccccc76)c6ccccc56)c5ccccc45)cc32)cc1. The van der Waals surface area contributed by atoms with Crippen LogP contribution >= 0.6 is 0 Å². The second-order valence-corrected chi connectivity index (χ2v) is 20.4. The smallest absolute Gasteiger partial charge is 0.0547 e. The molecule has 16 rings (SSSR count). The molecular formula is C74H48N4. The molecule has 0 atom stereocenters. The molecule has 364 valence electrons. The van der Waals surface area contributed by atoms with Crippen molar-refractivity contribution < 1.29 is 0 Å². The summed E-state index contributed by atoms with van der Waals surface area (Å²) >= 11 is 0. The molecule has 0 N–H and O–H groups in total. The lowest BCUT2D eigenvalue weighted by Gasteiger charge is -2.29. The average molecular weight is 993 g/mol. The van der Waals surface area contributed by atoms with Gasteiger partial charge in [-0.2, -0.15) is 0 Å². The molecule has 0 saturated heterocycles. The molecule has 0 amide bonds. The maximum atomic E-state index is 2.48. The molecule has 0 aliphatic carbocycles. The van der Waals surface area contributed by atoms with E-state index in [-0.39, 0.29) is 0 Å². The van der Waals surface area contributed by atoms with Crippen molar-refractivity contribution in [2.24, 2.45) is 0 Å². The summed E-state index contributed by atoms with van der Waals surface area (Å²) in [6, 6.07) is 107. The van der Waals surface area contributed by atoms with E-state index < -0.39 is 0 Å². The Morgan fingerprint density at radius 3 is 1.13 bits per heavy atom. The van der Waals surface area contributed by atoms with Gasteiger partial charge in [0.05, 0.1) is 50.2 Å². The highest BCUT2D eigenvalue weighted by molar-refractivity contribution is 6.15. The molecule has 3 heterocycles. The third-order valence-electron chi connectivity index (χ3n) is 16.2.